The predicted molar refractivity (Wildman–Crippen MR) is 133 cm³/mol. The number of fused-ring (bicyclic) bond motifs is 2. The molecule has 1 aromatic carbocycles. The number of methoxy groups -OCH3 is 2. The quantitative estimate of drug-likeness (QED) is 0.298. The molecule has 177 valence electrons. The monoisotopic (exact) mass is 487 g/mol. The number of nitrogens with one attached hydrogen (secondary N) is 3. The van der Waals surface area contributed by atoms with Crippen molar-refractivity contribution in [3.8, 4) is 22.9 Å². The Balaban J connectivity index is 1.76. The average Bonchev–Trinajstić information content (AvgIpc) is 3.45. The number of aromatic nitrogens is 7. The summed E-state index contributed by atoms with van der Waals surface area (Å²) in [6, 6.07) is 5.29. The Hall–Kier alpha value is -4.19. The number of aryl methyl sites for hydroxylation is 1. The van der Waals surface area contributed by atoms with Crippen LogP contribution in [0.1, 0.15) is 19.2 Å². The van der Waals surface area contributed by atoms with Crippen molar-refractivity contribution in [1.82, 2.24) is 34.7 Å². The van der Waals surface area contributed by atoms with E-state index >= 15 is 0 Å². The summed E-state index contributed by atoms with van der Waals surface area (Å²) in [6.07, 6.45) is 5.66. The Morgan fingerprint density at radius 2 is 1.83 bits per heavy atom. The zero-order valence-electron chi connectivity index (χ0n) is 19.6. The predicted octanol–water partition coefficient (Wildman–Crippen LogP) is 2.46. The third-order valence-corrected chi connectivity index (χ3v) is 6.53. The maximum absolute atomic E-state index is 13.4. The first-order chi connectivity index (χ1) is 16.9. The first-order valence-electron chi connectivity index (χ1n) is 10.9. The summed E-state index contributed by atoms with van der Waals surface area (Å²) < 4.78 is 12.5. The van der Waals surface area contributed by atoms with E-state index in [1.54, 1.807) is 62.7 Å². The van der Waals surface area contributed by atoms with Crippen LogP contribution in [0.3, 0.4) is 0 Å². The molecule has 0 aliphatic carbocycles. The highest BCUT2D eigenvalue weighted by Gasteiger charge is 2.31. The second kappa shape index (κ2) is 8.54. The number of rotatable bonds is 7. The van der Waals surface area contributed by atoms with Crippen LogP contribution < -0.4 is 20.3 Å². The van der Waals surface area contributed by atoms with Crippen LogP contribution in [0.2, 0.25) is 0 Å². The molecule has 35 heavy (non-hydrogen) atoms. The fraction of sp³-hybridized carbons (Fsp3) is 0.261. The van der Waals surface area contributed by atoms with Gasteiger partial charge in [-0.3, -0.25) is 9.48 Å². The topological polar surface area (TPSA) is 136 Å². The standard InChI is InChI=1S/C23H23N8O3Si/c1-5-23(35,22-24-7-6-8-25-22)29-19-17(21(32)28-14-11-31(2)30-18(14)19)20-26-12-9-15(33-3)16(34-4)10-13(12)27-20/h6-11,29H,5H2,1-4H3,(H,26,27)(H,28,32). The highest BCUT2D eigenvalue weighted by Crippen LogP contribution is 2.36. The van der Waals surface area contributed by atoms with Crippen molar-refractivity contribution in [1.29, 1.82) is 0 Å². The summed E-state index contributed by atoms with van der Waals surface area (Å²) in [7, 11) is 8.76. The summed E-state index contributed by atoms with van der Waals surface area (Å²) >= 11 is 0. The number of benzene rings is 1. The lowest BCUT2D eigenvalue weighted by molar-refractivity contribution is 0.356. The first kappa shape index (κ1) is 22.6. The fourth-order valence-electron chi connectivity index (χ4n) is 4.02. The van der Waals surface area contributed by atoms with Crippen LogP contribution >= 0.6 is 0 Å². The number of anilines is 1. The van der Waals surface area contributed by atoms with Crippen molar-refractivity contribution in [3.05, 3.63) is 53.0 Å². The van der Waals surface area contributed by atoms with Crippen LogP contribution in [0.25, 0.3) is 33.5 Å². The minimum absolute atomic E-state index is 0.303. The van der Waals surface area contributed by atoms with Gasteiger partial charge in [0.1, 0.15) is 22.7 Å². The molecule has 3 N–H and O–H groups in total. The SMILES string of the molecule is CCC([Si])(Nc1c(-c2nc3cc(OC)c(OC)cc3[nH]2)c(=O)[nH]c2cn(C)nc12)c1ncccn1. The molecule has 12 heteroatoms. The smallest absolute Gasteiger partial charge is 0.261 e. The van der Waals surface area contributed by atoms with E-state index in [2.05, 4.69) is 40.6 Å². The highest BCUT2D eigenvalue weighted by molar-refractivity contribution is 6.17. The van der Waals surface area contributed by atoms with E-state index in [1.165, 1.54) is 0 Å². The average molecular weight is 488 g/mol. The van der Waals surface area contributed by atoms with Gasteiger partial charge in [0, 0.05) is 37.8 Å². The number of nitrogens with zero attached hydrogens (tertiary/aromatic N) is 5. The van der Waals surface area contributed by atoms with Crippen LogP contribution in [0, 0.1) is 0 Å². The van der Waals surface area contributed by atoms with E-state index in [9.17, 15) is 4.79 Å². The largest absolute Gasteiger partial charge is 0.493 e. The van der Waals surface area contributed by atoms with E-state index < -0.39 is 5.16 Å². The van der Waals surface area contributed by atoms with Gasteiger partial charge in [-0.05, 0) is 12.5 Å². The van der Waals surface area contributed by atoms with E-state index in [0.29, 0.717) is 62.9 Å². The third kappa shape index (κ3) is 3.81. The van der Waals surface area contributed by atoms with Crippen molar-refractivity contribution in [2.45, 2.75) is 18.5 Å². The maximum Gasteiger partial charge on any atom is 0.261 e. The van der Waals surface area contributed by atoms with E-state index in [1.807, 2.05) is 6.92 Å². The van der Waals surface area contributed by atoms with Crippen LogP contribution in [-0.4, -0.2) is 59.2 Å². The normalized spacial score (nSPS) is 13.2. The molecule has 3 radical (unpaired) electrons. The molecule has 0 aliphatic heterocycles. The minimum atomic E-state index is -0.868. The van der Waals surface area contributed by atoms with Crippen molar-refractivity contribution in [3.63, 3.8) is 0 Å². The van der Waals surface area contributed by atoms with Gasteiger partial charge in [-0.25, -0.2) is 15.0 Å². The van der Waals surface area contributed by atoms with Gasteiger partial charge in [0.2, 0.25) is 0 Å². The van der Waals surface area contributed by atoms with Gasteiger partial charge in [-0.1, -0.05) is 6.92 Å². The number of aromatic amines is 2. The molecule has 5 rings (SSSR count). The Labute approximate surface area is 203 Å². The van der Waals surface area contributed by atoms with Gasteiger partial charge in [-0.2, -0.15) is 5.10 Å². The summed E-state index contributed by atoms with van der Waals surface area (Å²) in [5.41, 5.74) is 2.94. The molecule has 0 amide bonds. The van der Waals surface area contributed by atoms with Crippen LogP contribution in [0.4, 0.5) is 5.69 Å². The molecule has 0 bridgehead atoms. The highest BCUT2D eigenvalue weighted by atomic mass is 28.1. The van der Waals surface area contributed by atoms with Gasteiger partial charge in [0.25, 0.3) is 5.56 Å². The summed E-state index contributed by atoms with van der Waals surface area (Å²) in [5, 5.41) is 7.19. The number of imidazole rings is 1. The molecule has 0 saturated carbocycles. The van der Waals surface area contributed by atoms with Gasteiger partial charge in [0.05, 0.1) is 51.9 Å². The van der Waals surface area contributed by atoms with Crippen LogP contribution in [0.5, 0.6) is 11.5 Å². The molecular formula is C23H23N8O3Si. The van der Waals surface area contributed by atoms with E-state index in [-0.39, 0.29) is 5.56 Å². The molecule has 1 atom stereocenters. The third-order valence-electron chi connectivity index (χ3n) is 5.83. The second-order valence-corrected chi connectivity index (χ2v) is 8.89. The second-order valence-electron chi connectivity index (χ2n) is 8.04. The van der Waals surface area contributed by atoms with Gasteiger partial charge >= 0.3 is 0 Å². The zero-order valence-corrected chi connectivity index (χ0v) is 20.6. The number of ether oxygens (including phenoxy) is 2. The fourth-order valence-corrected chi connectivity index (χ4v) is 4.27. The molecule has 11 nitrogen and oxygen atoms in total. The lowest BCUT2D eigenvalue weighted by Gasteiger charge is -2.30. The number of hydrogen-bond acceptors (Lipinski definition) is 8. The number of hydrogen-bond donors (Lipinski definition) is 3. The molecule has 0 aliphatic rings. The molecular weight excluding hydrogens is 464 g/mol. The summed E-state index contributed by atoms with van der Waals surface area (Å²) in [4.78, 5) is 33.1. The van der Waals surface area contributed by atoms with Crippen molar-refractivity contribution in [2.24, 2.45) is 7.05 Å². The first-order valence-corrected chi connectivity index (χ1v) is 11.4. The molecule has 1 unspecified atom stereocenters. The molecule has 0 spiro atoms. The number of H-pyrrole nitrogens is 2. The zero-order chi connectivity index (χ0) is 24.7. The Bertz CT molecular complexity index is 1550. The van der Waals surface area contributed by atoms with Crippen molar-refractivity contribution < 1.29 is 9.47 Å². The lowest BCUT2D eigenvalue weighted by atomic mass is 10.1. The maximum atomic E-state index is 13.4. The van der Waals surface area contributed by atoms with Gasteiger partial charge in [-0.15, -0.1) is 0 Å². The Morgan fingerprint density at radius 1 is 1.11 bits per heavy atom. The summed E-state index contributed by atoms with van der Waals surface area (Å²) in [6.45, 7) is 1.98. The molecule has 0 fully saturated rings. The van der Waals surface area contributed by atoms with Gasteiger partial charge in [0.15, 0.2) is 11.5 Å². The molecule has 4 heterocycles. The molecule has 5 aromatic rings. The van der Waals surface area contributed by atoms with Gasteiger partial charge < -0.3 is 24.8 Å². The van der Waals surface area contributed by atoms with Crippen molar-refractivity contribution >= 4 is 38.0 Å². The number of pyridine rings is 1. The van der Waals surface area contributed by atoms with E-state index in [0.717, 1.165) is 0 Å². The van der Waals surface area contributed by atoms with Crippen LogP contribution in [-0.2, 0) is 12.2 Å². The van der Waals surface area contributed by atoms with Crippen molar-refractivity contribution in [2.75, 3.05) is 19.5 Å². The lowest BCUT2D eigenvalue weighted by Crippen LogP contribution is -2.38. The minimum Gasteiger partial charge on any atom is -0.493 e. The van der Waals surface area contributed by atoms with Crippen LogP contribution in [0.15, 0.2) is 41.6 Å². The van der Waals surface area contributed by atoms with E-state index in [4.69, 9.17) is 14.5 Å². The Morgan fingerprint density at radius 3 is 2.51 bits per heavy atom. The molecule has 0 saturated heterocycles. The molecule has 4 aromatic heterocycles. The Kier molecular flexibility index (Phi) is 5.51. The summed E-state index contributed by atoms with van der Waals surface area (Å²) in [5.74, 6) is 1.98.